The Labute approximate surface area is 174 Å². The van der Waals surface area contributed by atoms with Crippen LogP contribution in [0.5, 0.6) is 0 Å². The second-order valence-electron chi connectivity index (χ2n) is 7.06. The predicted octanol–water partition coefficient (Wildman–Crippen LogP) is 4.89. The van der Waals surface area contributed by atoms with Gasteiger partial charge in [-0.3, -0.25) is 5.43 Å². The van der Waals surface area contributed by atoms with Crippen molar-refractivity contribution >= 4 is 22.8 Å². The lowest BCUT2D eigenvalue weighted by Crippen LogP contribution is -2.09. The molecule has 0 amide bonds. The van der Waals surface area contributed by atoms with Crippen LogP contribution < -0.4 is 5.43 Å². The number of ether oxygens (including phenoxy) is 1. The molecule has 1 aliphatic heterocycles. The molecule has 0 saturated heterocycles. The summed E-state index contributed by atoms with van der Waals surface area (Å²) in [5.74, 6) is -0.331. The highest BCUT2D eigenvalue weighted by Crippen LogP contribution is 2.38. The maximum Gasteiger partial charge on any atom is 0.337 e. The maximum atomic E-state index is 12.0. The average Bonchev–Trinajstić information content (AvgIpc) is 3.33. The number of esters is 1. The summed E-state index contributed by atoms with van der Waals surface area (Å²) in [7, 11) is 1.40. The van der Waals surface area contributed by atoms with Crippen molar-refractivity contribution in [2.45, 2.75) is 26.1 Å². The van der Waals surface area contributed by atoms with E-state index in [-0.39, 0.29) is 11.3 Å². The number of carbonyl (C=O) groups is 1. The minimum Gasteiger partial charge on any atom is -0.465 e. The van der Waals surface area contributed by atoms with Crippen LogP contribution in [0.25, 0.3) is 5.69 Å². The molecule has 4 rings (SSSR count). The molecule has 0 saturated carbocycles. The Morgan fingerprint density at radius 3 is 2.59 bits per heavy atom. The van der Waals surface area contributed by atoms with Crippen LogP contribution in [-0.4, -0.2) is 22.7 Å². The SMILES string of the molecule is COC(=O)c1ccc(C)c(-n2c(C)cc([C@@H]3NN=C(c4ccccc4)S3)c2C)c1. The highest BCUT2D eigenvalue weighted by molar-refractivity contribution is 8.14. The van der Waals surface area contributed by atoms with Gasteiger partial charge in [-0.05, 0) is 44.5 Å². The van der Waals surface area contributed by atoms with Crippen LogP contribution >= 0.6 is 11.8 Å². The van der Waals surface area contributed by atoms with E-state index in [2.05, 4.69) is 47.1 Å². The molecule has 0 spiro atoms. The van der Waals surface area contributed by atoms with E-state index in [9.17, 15) is 4.79 Å². The molecular weight excluding hydrogens is 382 g/mol. The third-order valence-corrected chi connectivity index (χ3v) is 6.30. The average molecular weight is 406 g/mol. The number of nitrogens with one attached hydrogen (secondary N) is 1. The first-order chi connectivity index (χ1) is 14.0. The molecule has 148 valence electrons. The van der Waals surface area contributed by atoms with Crippen molar-refractivity contribution < 1.29 is 9.53 Å². The van der Waals surface area contributed by atoms with Gasteiger partial charge in [0.15, 0.2) is 0 Å². The fourth-order valence-corrected chi connectivity index (χ4v) is 4.72. The van der Waals surface area contributed by atoms with E-state index in [1.54, 1.807) is 17.8 Å². The zero-order valence-corrected chi connectivity index (χ0v) is 17.7. The lowest BCUT2D eigenvalue weighted by atomic mass is 10.1. The fourth-order valence-electron chi connectivity index (χ4n) is 3.65. The van der Waals surface area contributed by atoms with Gasteiger partial charge in [0.1, 0.15) is 10.4 Å². The molecule has 2 heterocycles. The van der Waals surface area contributed by atoms with Gasteiger partial charge in [0.05, 0.1) is 12.7 Å². The highest BCUT2D eigenvalue weighted by Gasteiger charge is 2.26. The first-order valence-electron chi connectivity index (χ1n) is 9.43. The van der Waals surface area contributed by atoms with E-state index in [4.69, 9.17) is 4.74 Å². The number of aromatic nitrogens is 1. The Bertz CT molecular complexity index is 1100. The number of carbonyl (C=O) groups excluding carboxylic acids is 1. The predicted molar refractivity (Wildman–Crippen MR) is 118 cm³/mol. The second kappa shape index (κ2) is 7.79. The van der Waals surface area contributed by atoms with Gasteiger partial charge >= 0.3 is 5.97 Å². The highest BCUT2D eigenvalue weighted by atomic mass is 32.2. The van der Waals surface area contributed by atoms with Gasteiger partial charge in [0.2, 0.25) is 0 Å². The molecule has 0 radical (unpaired) electrons. The van der Waals surface area contributed by atoms with Crippen molar-refractivity contribution in [3.8, 4) is 5.69 Å². The molecule has 0 aliphatic carbocycles. The summed E-state index contributed by atoms with van der Waals surface area (Å²) in [6.07, 6.45) is 0. The quantitative estimate of drug-likeness (QED) is 0.628. The molecular formula is C23H23N3O2S. The van der Waals surface area contributed by atoms with E-state index in [1.807, 2.05) is 37.3 Å². The number of nitrogens with zero attached hydrogens (tertiary/aromatic N) is 2. The minimum absolute atomic E-state index is 0.0502. The van der Waals surface area contributed by atoms with Crippen molar-refractivity contribution in [3.63, 3.8) is 0 Å². The first kappa shape index (κ1) is 19.3. The normalized spacial score (nSPS) is 15.7. The summed E-state index contributed by atoms with van der Waals surface area (Å²) in [4.78, 5) is 12.0. The van der Waals surface area contributed by atoms with Gasteiger partial charge < -0.3 is 9.30 Å². The smallest absolute Gasteiger partial charge is 0.337 e. The standard InChI is InChI=1S/C23H23N3O2S/c1-14-10-11-18(23(27)28-4)13-20(14)26-15(2)12-19(16(26)3)22-25-24-21(29-22)17-8-6-5-7-9-17/h5-13,22,25H,1-4H3/t22-/m1/s1. The Balaban J connectivity index is 1.68. The molecule has 1 aliphatic rings. The Kier molecular flexibility index (Phi) is 5.20. The molecule has 5 nitrogen and oxygen atoms in total. The number of hydrogen-bond donors (Lipinski definition) is 1. The lowest BCUT2D eigenvalue weighted by molar-refractivity contribution is 0.0600. The van der Waals surface area contributed by atoms with Crippen LogP contribution in [0, 0.1) is 20.8 Å². The molecule has 0 bridgehead atoms. The van der Waals surface area contributed by atoms with Crippen LogP contribution in [0.15, 0.2) is 59.7 Å². The number of benzene rings is 2. The van der Waals surface area contributed by atoms with Crippen LogP contribution in [0.4, 0.5) is 0 Å². The first-order valence-corrected chi connectivity index (χ1v) is 10.3. The topological polar surface area (TPSA) is 55.6 Å². The molecule has 1 atom stereocenters. The third kappa shape index (κ3) is 3.56. The van der Waals surface area contributed by atoms with E-state index >= 15 is 0 Å². The van der Waals surface area contributed by atoms with E-state index in [1.165, 1.54) is 12.7 Å². The summed E-state index contributed by atoms with van der Waals surface area (Å²) in [6.45, 7) is 6.24. The number of hydrogen-bond acceptors (Lipinski definition) is 5. The summed E-state index contributed by atoms with van der Waals surface area (Å²) in [6, 6.07) is 18.0. The van der Waals surface area contributed by atoms with E-state index < -0.39 is 0 Å². The Hall–Kier alpha value is -2.99. The fraction of sp³-hybridized carbons (Fsp3) is 0.217. The maximum absolute atomic E-state index is 12.0. The number of thioether (sulfide) groups is 1. The number of hydrazone groups is 1. The van der Waals surface area contributed by atoms with Crippen LogP contribution in [0.3, 0.4) is 0 Å². The van der Waals surface area contributed by atoms with Gasteiger partial charge in [0, 0.05) is 28.2 Å². The third-order valence-electron chi connectivity index (χ3n) is 5.16. The van der Waals surface area contributed by atoms with Crippen LogP contribution in [0.1, 0.15) is 43.8 Å². The van der Waals surface area contributed by atoms with Gasteiger partial charge in [-0.1, -0.05) is 48.2 Å². The monoisotopic (exact) mass is 405 g/mol. The van der Waals surface area contributed by atoms with Crippen molar-refractivity contribution in [2.24, 2.45) is 5.10 Å². The molecule has 1 N–H and O–H groups in total. The van der Waals surface area contributed by atoms with Crippen molar-refractivity contribution in [1.29, 1.82) is 0 Å². The summed E-state index contributed by atoms with van der Waals surface area (Å²) < 4.78 is 7.09. The van der Waals surface area contributed by atoms with Crippen molar-refractivity contribution in [3.05, 3.63) is 88.2 Å². The zero-order valence-electron chi connectivity index (χ0n) is 16.9. The Morgan fingerprint density at radius 1 is 1.10 bits per heavy atom. The molecule has 6 heteroatoms. The summed E-state index contributed by atoms with van der Waals surface area (Å²) in [5, 5.41) is 5.58. The van der Waals surface area contributed by atoms with Gasteiger partial charge in [-0.2, -0.15) is 5.10 Å². The minimum atomic E-state index is -0.331. The van der Waals surface area contributed by atoms with E-state index in [0.717, 1.165) is 33.2 Å². The van der Waals surface area contributed by atoms with Gasteiger partial charge in [-0.15, -0.1) is 0 Å². The van der Waals surface area contributed by atoms with E-state index in [0.29, 0.717) is 5.56 Å². The molecule has 3 aromatic rings. The Morgan fingerprint density at radius 2 is 1.86 bits per heavy atom. The van der Waals surface area contributed by atoms with Gasteiger partial charge in [-0.25, -0.2) is 4.79 Å². The molecule has 29 heavy (non-hydrogen) atoms. The molecule has 1 aromatic heterocycles. The lowest BCUT2D eigenvalue weighted by Gasteiger charge is -2.15. The summed E-state index contributed by atoms with van der Waals surface area (Å²) in [5.41, 5.74) is 10.4. The van der Waals surface area contributed by atoms with Gasteiger partial charge in [0.25, 0.3) is 0 Å². The number of methoxy groups -OCH3 is 1. The molecule has 2 aromatic carbocycles. The van der Waals surface area contributed by atoms with Crippen LogP contribution in [0.2, 0.25) is 0 Å². The number of rotatable bonds is 4. The summed E-state index contributed by atoms with van der Waals surface area (Å²) >= 11 is 1.72. The van der Waals surface area contributed by atoms with Crippen molar-refractivity contribution in [1.82, 2.24) is 9.99 Å². The van der Waals surface area contributed by atoms with Crippen molar-refractivity contribution in [2.75, 3.05) is 7.11 Å². The number of aryl methyl sites for hydroxylation is 2. The van der Waals surface area contributed by atoms with Crippen LogP contribution in [-0.2, 0) is 4.74 Å². The zero-order chi connectivity index (χ0) is 20.5. The largest absolute Gasteiger partial charge is 0.465 e. The second-order valence-corrected chi connectivity index (χ2v) is 8.16. The molecule has 0 fully saturated rings. The molecule has 0 unspecified atom stereocenters.